The van der Waals surface area contributed by atoms with Crippen molar-refractivity contribution in [1.82, 2.24) is 23.7 Å². The second kappa shape index (κ2) is 22.6. The van der Waals surface area contributed by atoms with E-state index in [0.717, 1.165) is 139 Å². The zero-order valence-corrected chi connectivity index (χ0v) is 51.1. The number of fused-ring (bicyclic) bond motifs is 10. The largest absolute Gasteiger partial charge is 0.310 e. The van der Waals surface area contributed by atoms with E-state index in [1.165, 1.54) is 10.8 Å². The molecule has 8 nitrogen and oxygen atoms in total. The predicted octanol–water partition coefficient (Wildman–Crippen LogP) is 23.0. The molecule has 0 aliphatic carbocycles. The van der Waals surface area contributed by atoms with E-state index in [1.807, 2.05) is 0 Å². The van der Waals surface area contributed by atoms with Gasteiger partial charge in [0.2, 0.25) is 5.95 Å². The van der Waals surface area contributed by atoms with Crippen LogP contribution in [0.15, 0.2) is 352 Å². The Labute approximate surface area is 543 Å². The van der Waals surface area contributed by atoms with E-state index in [1.54, 1.807) is 0 Å². The number of hydrogen-bond acceptors (Lipinski definition) is 5. The second-order valence-corrected chi connectivity index (χ2v) is 23.8. The van der Waals surface area contributed by atoms with Gasteiger partial charge < -0.3 is 19.3 Å². The Morgan fingerprint density at radius 3 is 0.915 bits per heavy atom. The minimum Gasteiger partial charge on any atom is -0.310 e. The Morgan fingerprint density at radius 1 is 0.202 bits per heavy atom. The van der Waals surface area contributed by atoms with Crippen molar-refractivity contribution >= 4 is 127 Å². The molecular formula is C86H58N8. The summed E-state index contributed by atoms with van der Waals surface area (Å²) in [6.07, 6.45) is 0. The quantitative estimate of drug-likeness (QED) is 0.115. The molecule has 0 saturated heterocycles. The van der Waals surface area contributed by atoms with Crippen LogP contribution in [0.4, 0.5) is 51.2 Å². The topological polar surface area (TPSA) is 50.3 Å². The van der Waals surface area contributed by atoms with Gasteiger partial charge in [-0.05, 0) is 157 Å². The van der Waals surface area contributed by atoms with E-state index in [9.17, 15) is 0 Å². The van der Waals surface area contributed by atoms with Gasteiger partial charge in [-0.1, -0.05) is 194 Å². The van der Waals surface area contributed by atoms with Crippen molar-refractivity contribution in [1.29, 1.82) is 0 Å². The van der Waals surface area contributed by atoms with Crippen LogP contribution in [-0.2, 0) is 0 Å². The molecule has 94 heavy (non-hydrogen) atoms. The third-order valence-electron chi connectivity index (χ3n) is 18.4. The van der Waals surface area contributed by atoms with Crippen LogP contribution in [0.25, 0.3) is 105 Å². The summed E-state index contributed by atoms with van der Waals surface area (Å²) in [6, 6.07) is 126. The van der Waals surface area contributed by atoms with Gasteiger partial charge in [-0.2, -0.15) is 4.98 Å². The number of hydrogen-bond donors (Lipinski definition) is 0. The Hall–Kier alpha value is -12.8. The van der Waals surface area contributed by atoms with Crippen molar-refractivity contribution in [2.75, 3.05) is 14.7 Å². The highest BCUT2D eigenvalue weighted by Crippen LogP contribution is 2.46. The first kappa shape index (κ1) is 54.2. The molecule has 0 aliphatic rings. The molecule has 0 bridgehead atoms. The van der Waals surface area contributed by atoms with Crippen LogP contribution in [-0.4, -0.2) is 23.7 Å². The number of para-hydroxylation sites is 9. The molecule has 4 aromatic heterocycles. The van der Waals surface area contributed by atoms with Crippen LogP contribution in [0.5, 0.6) is 0 Å². The summed E-state index contributed by atoms with van der Waals surface area (Å²) < 4.78 is 7.04. The number of aromatic nitrogens is 5. The smallest absolute Gasteiger partial charge is 0.237 e. The van der Waals surface area contributed by atoms with E-state index in [-0.39, 0.29) is 0 Å². The molecule has 0 unspecified atom stereocenters. The summed E-state index contributed by atoms with van der Waals surface area (Å²) >= 11 is 0. The minimum absolute atomic E-state index is 0.558. The van der Waals surface area contributed by atoms with E-state index >= 15 is 0 Å². The maximum atomic E-state index is 5.80. The normalized spacial score (nSPS) is 11.6. The molecule has 442 valence electrons. The molecule has 0 spiro atoms. The highest BCUT2D eigenvalue weighted by Gasteiger charge is 2.25. The molecular weight excluding hydrogens is 1150 g/mol. The van der Waals surface area contributed by atoms with Gasteiger partial charge in [0.15, 0.2) is 0 Å². The minimum atomic E-state index is 0.558. The van der Waals surface area contributed by atoms with Crippen molar-refractivity contribution in [3.05, 3.63) is 352 Å². The maximum absolute atomic E-state index is 5.80. The van der Waals surface area contributed by atoms with Gasteiger partial charge in [0, 0.05) is 101 Å². The molecule has 0 amide bonds. The third kappa shape index (κ3) is 9.07. The summed E-state index contributed by atoms with van der Waals surface area (Å²) in [6.45, 7) is 0. The summed E-state index contributed by atoms with van der Waals surface area (Å²) in [5.74, 6) is 1.30. The van der Waals surface area contributed by atoms with E-state index in [4.69, 9.17) is 9.97 Å². The van der Waals surface area contributed by atoms with Gasteiger partial charge in [-0.25, -0.2) is 4.98 Å². The van der Waals surface area contributed by atoms with Crippen molar-refractivity contribution in [2.24, 2.45) is 0 Å². The second-order valence-electron chi connectivity index (χ2n) is 23.8. The third-order valence-corrected chi connectivity index (χ3v) is 18.4. The lowest BCUT2D eigenvalue weighted by Crippen LogP contribution is -2.10. The highest BCUT2D eigenvalue weighted by molar-refractivity contribution is 6.15. The van der Waals surface area contributed by atoms with Gasteiger partial charge in [-0.15, -0.1) is 0 Å². The van der Waals surface area contributed by atoms with Crippen LogP contribution in [0.3, 0.4) is 0 Å². The van der Waals surface area contributed by atoms with Crippen LogP contribution >= 0.6 is 0 Å². The average molecular weight is 1200 g/mol. The molecule has 4 heterocycles. The predicted molar refractivity (Wildman–Crippen MR) is 392 cm³/mol. The first-order chi connectivity index (χ1) is 46.7. The van der Waals surface area contributed by atoms with Crippen LogP contribution < -0.4 is 14.7 Å². The number of anilines is 9. The van der Waals surface area contributed by atoms with Gasteiger partial charge in [0.1, 0.15) is 5.82 Å². The summed E-state index contributed by atoms with van der Waals surface area (Å²) in [4.78, 5) is 18.6. The molecule has 0 fully saturated rings. The van der Waals surface area contributed by atoms with Crippen molar-refractivity contribution in [3.63, 3.8) is 0 Å². The van der Waals surface area contributed by atoms with Gasteiger partial charge in [-0.3, -0.25) is 9.13 Å². The molecule has 14 aromatic carbocycles. The number of nitrogens with zero attached hydrogens (tertiary/aromatic N) is 8. The zero-order valence-electron chi connectivity index (χ0n) is 51.1. The van der Waals surface area contributed by atoms with Crippen LogP contribution in [0, 0.1) is 0 Å². The monoisotopic (exact) mass is 1200 g/mol. The number of benzene rings is 14. The Morgan fingerprint density at radius 2 is 0.511 bits per heavy atom. The van der Waals surface area contributed by atoms with E-state index in [2.05, 4.69) is 380 Å². The fourth-order valence-corrected chi connectivity index (χ4v) is 14.3. The maximum Gasteiger partial charge on any atom is 0.237 e. The van der Waals surface area contributed by atoms with Crippen LogP contribution in [0.1, 0.15) is 0 Å². The van der Waals surface area contributed by atoms with Crippen LogP contribution in [0.2, 0.25) is 0 Å². The van der Waals surface area contributed by atoms with Gasteiger partial charge in [0.25, 0.3) is 0 Å². The fraction of sp³-hybridized carbons (Fsp3) is 0. The van der Waals surface area contributed by atoms with Gasteiger partial charge >= 0.3 is 0 Å². The molecule has 0 saturated carbocycles. The molecule has 0 aliphatic heterocycles. The Balaban J connectivity index is 0.859. The lowest BCUT2D eigenvalue weighted by molar-refractivity contribution is 0.952. The van der Waals surface area contributed by atoms with Gasteiger partial charge in [0.05, 0.1) is 44.5 Å². The lowest BCUT2D eigenvalue weighted by atomic mass is 10.00. The van der Waals surface area contributed by atoms with Crippen molar-refractivity contribution in [3.8, 4) is 28.7 Å². The fourth-order valence-electron chi connectivity index (χ4n) is 14.3. The first-order valence-corrected chi connectivity index (χ1v) is 31.9. The van der Waals surface area contributed by atoms with E-state index < -0.39 is 0 Å². The molecule has 0 radical (unpaired) electrons. The summed E-state index contributed by atoms with van der Waals surface area (Å²) in [5, 5.41) is 8.93. The van der Waals surface area contributed by atoms with E-state index in [0.29, 0.717) is 5.95 Å². The zero-order chi connectivity index (χ0) is 62.1. The lowest BCUT2D eigenvalue weighted by Gasteiger charge is -2.25. The molecule has 0 N–H and O–H groups in total. The Bertz CT molecular complexity index is 5530. The molecule has 0 atom stereocenters. The first-order valence-electron chi connectivity index (χ1n) is 31.9. The molecule has 8 heteroatoms. The standard InChI is InChI=1S/C86H58N8/c1-7-27-59(28-8-1)89(60-29-9-2-10-30-60)65-47-51-82-74(55-65)71-41-21-24-44-78(71)92(82)81-54-50-69(68-39-19-20-40-70(68)81)77-58-85(93-79-45-25-22-42-72(79)75-56-66(48-52-83(75)93)90(61-31-11-3-12-32-61)62-33-13-4-14-34-62)88-86(87-77)94-80-46-26-23-43-73(80)76-57-67(49-53-84(76)94)91(63-35-15-5-16-36-63)64-37-17-6-18-38-64/h1-58H. The average Bonchev–Trinajstić information content (AvgIpc) is 1.56. The number of rotatable bonds is 13. The Kier molecular flexibility index (Phi) is 13.0. The van der Waals surface area contributed by atoms with Crippen molar-refractivity contribution < 1.29 is 0 Å². The summed E-state index contributed by atoms with van der Waals surface area (Å²) in [5.41, 5.74) is 18.8. The SMILES string of the molecule is c1ccc(N(c2ccccc2)c2ccc3c(c2)c2ccccc2n3-c2cc(-c3ccc(-n4c5ccccc5c5cc(N(c6ccccc6)c6ccccc6)ccc54)c4ccccc34)nc(-n3c4ccccc4c4cc(N(c5ccccc5)c5ccccc5)ccc43)n2)cc1. The highest BCUT2D eigenvalue weighted by atomic mass is 15.2. The summed E-state index contributed by atoms with van der Waals surface area (Å²) in [7, 11) is 0. The molecule has 18 aromatic rings. The molecule has 18 rings (SSSR count). The van der Waals surface area contributed by atoms with Crippen molar-refractivity contribution in [2.45, 2.75) is 0 Å².